The van der Waals surface area contributed by atoms with Crippen molar-refractivity contribution < 1.29 is 0 Å². The van der Waals surface area contributed by atoms with Crippen molar-refractivity contribution in [1.29, 1.82) is 0 Å². The van der Waals surface area contributed by atoms with E-state index in [4.69, 9.17) is 0 Å². The van der Waals surface area contributed by atoms with E-state index < -0.39 is 0 Å². The molecule has 1 nitrogen and oxygen atoms in total. The molecule has 1 aromatic heterocycles. The van der Waals surface area contributed by atoms with Crippen molar-refractivity contribution >= 4 is 48.6 Å². The van der Waals surface area contributed by atoms with Crippen LogP contribution in [-0.2, 0) is 5.41 Å². The van der Waals surface area contributed by atoms with Crippen molar-refractivity contribution in [3.05, 3.63) is 175 Å². The largest absolute Gasteiger partial charge is 0.310 e. The lowest BCUT2D eigenvalue weighted by atomic mass is 9.49. The first-order valence-corrected chi connectivity index (χ1v) is 21.2. The summed E-state index contributed by atoms with van der Waals surface area (Å²) in [6.45, 7) is 0. The summed E-state index contributed by atoms with van der Waals surface area (Å²) in [5.74, 6) is 3.48. The van der Waals surface area contributed by atoms with E-state index in [0.717, 1.165) is 23.7 Å². The van der Waals surface area contributed by atoms with Gasteiger partial charge in [0.15, 0.2) is 0 Å². The van der Waals surface area contributed by atoms with Crippen molar-refractivity contribution in [2.75, 3.05) is 4.90 Å². The predicted molar refractivity (Wildman–Crippen MR) is 231 cm³/mol. The molecule has 13 rings (SSSR count). The van der Waals surface area contributed by atoms with Gasteiger partial charge >= 0.3 is 0 Å². The van der Waals surface area contributed by atoms with Crippen molar-refractivity contribution in [2.24, 2.45) is 29.1 Å². The summed E-state index contributed by atoms with van der Waals surface area (Å²) < 4.78 is 2.70. The number of fused-ring (bicyclic) bond motifs is 12. The maximum absolute atomic E-state index is 2.58. The minimum absolute atomic E-state index is 0.179. The first-order valence-electron chi connectivity index (χ1n) is 20.4. The van der Waals surface area contributed by atoms with E-state index in [9.17, 15) is 0 Å². The van der Waals surface area contributed by atoms with Crippen LogP contribution in [0.1, 0.15) is 43.2 Å². The van der Waals surface area contributed by atoms with E-state index in [-0.39, 0.29) is 5.41 Å². The molecule has 6 unspecified atom stereocenters. The number of benzene rings is 7. The molecule has 0 radical (unpaired) electrons. The maximum atomic E-state index is 2.58. The van der Waals surface area contributed by atoms with Gasteiger partial charge in [-0.25, -0.2) is 0 Å². The summed E-state index contributed by atoms with van der Waals surface area (Å²) in [6, 6.07) is 62.0. The molecule has 55 heavy (non-hydrogen) atoms. The first-order chi connectivity index (χ1) is 27.2. The van der Waals surface area contributed by atoms with E-state index in [0.29, 0.717) is 5.41 Å². The Morgan fingerprint density at radius 2 is 1.18 bits per heavy atom. The molecule has 0 saturated heterocycles. The van der Waals surface area contributed by atoms with Crippen LogP contribution in [-0.4, -0.2) is 0 Å². The van der Waals surface area contributed by atoms with E-state index in [1.54, 1.807) is 11.1 Å². The zero-order valence-electron chi connectivity index (χ0n) is 30.8. The van der Waals surface area contributed by atoms with Gasteiger partial charge in [0.25, 0.3) is 0 Å². The molecule has 0 N–H and O–H groups in total. The SMILES string of the molecule is c1ccc(-c2ccccc2N(c2ccc(-c3cccc4c3sc3ccccc34)cc2)c2ccc3c(c2)-c2ccccc2C32C3CC4CC5CC2C5(C4)C3)cc1. The third-order valence-corrected chi connectivity index (χ3v) is 16.4. The lowest BCUT2D eigenvalue weighted by molar-refractivity contribution is -0.0193. The van der Waals surface area contributed by atoms with E-state index in [2.05, 4.69) is 169 Å². The van der Waals surface area contributed by atoms with Crippen molar-refractivity contribution in [1.82, 2.24) is 0 Å². The van der Waals surface area contributed by atoms with Gasteiger partial charge in [-0.1, -0.05) is 127 Å². The van der Waals surface area contributed by atoms with Crippen molar-refractivity contribution in [2.45, 2.75) is 37.5 Å². The molecule has 1 heterocycles. The quantitative estimate of drug-likeness (QED) is 0.171. The third kappa shape index (κ3) is 3.98. The summed E-state index contributed by atoms with van der Waals surface area (Å²) in [4.78, 5) is 2.52. The molecule has 2 spiro atoms. The Hall–Kier alpha value is -5.44. The highest BCUT2D eigenvalue weighted by Gasteiger charge is 2.76. The Balaban J connectivity index is 0.987. The van der Waals surface area contributed by atoms with Gasteiger partial charge in [-0.2, -0.15) is 0 Å². The second-order valence-corrected chi connectivity index (χ2v) is 18.4. The molecule has 8 aromatic rings. The zero-order valence-corrected chi connectivity index (χ0v) is 31.6. The number of hydrogen-bond acceptors (Lipinski definition) is 2. The summed E-state index contributed by atoms with van der Waals surface area (Å²) in [6.07, 6.45) is 7.30. The van der Waals surface area contributed by atoms with Gasteiger partial charge in [0, 0.05) is 42.5 Å². The second kappa shape index (κ2) is 11.1. The Labute approximate surface area is 326 Å². The van der Waals surface area contributed by atoms with E-state index >= 15 is 0 Å². The Kier molecular flexibility index (Phi) is 6.21. The van der Waals surface area contributed by atoms with Crippen LogP contribution in [0.15, 0.2) is 164 Å². The Bertz CT molecular complexity index is 2850. The van der Waals surface area contributed by atoms with Crippen LogP contribution in [0.5, 0.6) is 0 Å². The minimum atomic E-state index is 0.179. The van der Waals surface area contributed by atoms with E-state index in [1.807, 2.05) is 11.3 Å². The van der Waals surface area contributed by atoms with E-state index in [1.165, 1.54) is 103 Å². The van der Waals surface area contributed by atoms with Crippen LogP contribution in [0.4, 0.5) is 17.1 Å². The number of rotatable bonds is 5. The molecule has 4 fully saturated rings. The molecule has 264 valence electrons. The average molecular weight is 724 g/mol. The standard InChI is InChI=1S/C53H41NS/c1-2-11-34(12-3-1)40-13-5-8-19-48(40)54(38-23-21-35(22-24-38)41-16-10-17-44-43-15-6-9-20-49(43)55-51(41)44)39-25-26-47-45(30-39)42-14-4-7-18-46(42)53(47)37-28-33-27-36-29-50(53)52(36,31-33)32-37/h1-26,30,33,36-37,50H,27-29,31-32H2. The Morgan fingerprint density at radius 1 is 0.491 bits per heavy atom. The highest BCUT2D eigenvalue weighted by atomic mass is 32.1. The normalized spacial score (nSPS) is 26.3. The second-order valence-electron chi connectivity index (χ2n) is 17.4. The molecule has 7 aromatic carbocycles. The number of thiophene rings is 1. The predicted octanol–water partition coefficient (Wildman–Crippen LogP) is 14.6. The molecule has 6 atom stereocenters. The summed E-state index contributed by atoms with van der Waals surface area (Å²) >= 11 is 1.90. The van der Waals surface area contributed by atoms with Gasteiger partial charge in [-0.15, -0.1) is 11.3 Å². The van der Waals surface area contributed by atoms with Gasteiger partial charge in [0.1, 0.15) is 0 Å². The third-order valence-electron chi connectivity index (χ3n) is 15.2. The number of anilines is 3. The van der Waals surface area contributed by atoms with Gasteiger partial charge in [0.05, 0.1) is 5.69 Å². The molecule has 2 heteroatoms. The molecule has 0 aliphatic heterocycles. The maximum Gasteiger partial charge on any atom is 0.0540 e. The fraction of sp³-hybridized carbons (Fsp3) is 0.208. The Morgan fingerprint density at radius 3 is 2.09 bits per heavy atom. The first kappa shape index (κ1) is 30.8. The van der Waals surface area contributed by atoms with Crippen molar-refractivity contribution in [3.8, 4) is 33.4 Å². The summed E-state index contributed by atoms with van der Waals surface area (Å²) in [5, 5.41) is 2.68. The molecule has 3 bridgehead atoms. The molecule has 4 saturated carbocycles. The van der Waals surface area contributed by atoms with Gasteiger partial charge in [0.2, 0.25) is 0 Å². The lowest BCUT2D eigenvalue weighted by Gasteiger charge is -2.54. The van der Waals surface area contributed by atoms with Crippen LogP contribution < -0.4 is 4.90 Å². The molecule has 0 amide bonds. The number of para-hydroxylation sites is 1. The monoisotopic (exact) mass is 723 g/mol. The average Bonchev–Trinajstić information content (AvgIpc) is 3.87. The minimum Gasteiger partial charge on any atom is -0.310 e. The van der Waals surface area contributed by atoms with Crippen LogP contribution >= 0.6 is 11.3 Å². The molecular weight excluding hydrogens is 683 g/mol. The van der Waals surface area contributed by atoms with Crippen LogP contribution in [0.25, 0.3) is 53.6 Å². The summed E-state index contributed by atoms with van der Waals surface area (Å²) in [7, 11) is 0. The zero-order chi connectivity index (χ0) is 35.9. The molecule has 5 aliphatic carbocycles. The highest BCUT2D eigenvalue weighted by Crippen LogP contribution is 2.83. The van der Waals surface area contributed by atoms with Crippen molar-refractivity contribution in [3.63, 3.8) is 0 Å². The number of nitrogens with zero attached hydrogens (tertiary/aromatic N) is 1. The topological polar surface area (TPSA) is 3.24 Å². The van der Waals surface area contributed by atoms with Crippen LogP contribution in [0, 0.1) is 29.1 Å². The fourth-order valence-corrected chi connectivity index (χ4v) is 14.6. The number of hydrogen-bond donors (Lipinski definition) is 0. The van der Waals surface area contributed by atoms with Gasteiger partial charge in [-0.05, 0) is 137 Å². The van der Waals surface area contributed by atoms with Gasteiger partial charge < -0.3 is 4.90 Å². The molecule has 5 aliphatic rings. The highest BCUT2D eigenvalue weighted by molar-refractivity contribution is 7.26. The molecular formula is C53H41NS. The fourth-order valence-electron chi connectivity index (χ4n) is 13.3. The van der Waals surface area contributed by atoms with Crippen LogP contribution in [0.2, 0.25) is 0 Å². The summed E-state index contributed by atoms with van der Waals surface area (Å²) in [5.41, 5.74) is 15.6. The smallest absolute Gasteiger partial charge is 0.0540 e. The van der Waals surface area contributed by atoms with Gasteiger partial charge in [-0.3, -0.25) is 0 Å². The van der Waals surface area contributed by atoms with Crippen LogP contribution in [0.3, 0.4) is 0 Å². The lowest BCUT2D eigenvalue weighted by Crippen LogP contribution is -2.50.